The minimum absolute atomic E-state index is 0.117. The molecule has 1 aliphatic rings. The molecule has 0 aromatic rings. The second-order valence-electron chi connectivity index (χ2n) is 28.5. The third-order valence-corrected chi connectivity index (χ3v) is 21.6. The Bertz CT molecular complexity index is 1570. The van der Waals surface area contributed by atoms with Crippen molar-refractivity contribution in [2.45, 2.75) is 386 Å². The Morgan fingerprint density at radius 3 is 1.16 bits per heavy atom. The van der Waals surface area contributed by atoms with Gasteiger partial charge >= 0.3 is 0 Å². The van der Waals surface area contributed by atoms with Gasteiger partial charge in [0.2, 0.25) is 11.8 Å². The summed E-state index contributed by atoms with van der Waals surface area (Å²) in [5.74, 6) is 1.46. The van der Waals surface area contributed by atoms with Gasteiger partial charge in [0.15, 0.2) is 0 Å². The minimum Gasteiger partial charge on any atom is -0.392 e. The number of hydrogen-bond acceptors (Lipinski definition) is 12. The zero-order valence-electron chi connectivity index (χ0n) is 62.3. The van der Waals surface area contributed by atoms with Crippen molar-refractivity contribution in [2.75, 3.05) is 90.2 Å². The van der Waals surface area contributed by atoms with Gasteiger partial charge in [-0.05, 0) is 135 Å². The number of carbonyl (C=O) groups is 2. The first kappa shape index (κ1) is 90.8. The maximum absolute atomic E-state index is 13.8. The van der Waals surface area contributed by atoms with Crippen molar-refractivity contribution in [1.82, 2.24) is 25.3 Å². The molecule has 0 radical (unpaired) electrons. The Morgan fingerprint density at radius 2 is 0.766 bits per heavy atom. The summed E-state index contributed by atoms with van der Waals surface area (Å²) in [7, 11) is 3.60. The van der Waals surface area contributed by atoms with Crippen molar-refractivity contribution >= 4 is 33.4 Å². The maximum atomic E-state index is 13.8. The molecule has 1 aliphatic heterocycles. The summed E-state index contributed by atoms with van der Waals surface area (Å²) in [5, 5.41) is 51.4. The highest BCUT2D eigenvalue weighted by Gasteiger charge is 2.23. The molecule has 1 saturated heterocycles. The second-order valence-corrected chi connectivity index (χ2v) is 31.2. The zero-order valence-corrected chi connectivity index (χ0v) is 64.0. The van der Waals surface area contributed by atoms with E-state index in [0.717, 1.165) is 166 Å². The van der Waals surface area contributed by atoms with Gasteiger partial charge in [0.25, 0.3) is 0 Å². The Kier molecular flexibility index (Phi) is 69.2. The lowest BCUT2D eigenvalue weighted by Gasteiger charge is -2.27. The maximum Gasteiger partial charge on any atom is 0.242 e. The summed E-state index contributed by atoms with van der Waals surface area (Å²) in [6, 6.07) is -0.618. The third-order valence-electron chi connectivity index (χ3n) is 19.1. The van der Waals surface area contributed by atoms with Crippen LogP contribution in [0.4, 0.5) is 0 Å². The van der Waals surface area contributed by atoms with Crippen molar-refractivity contribution in [2.24, 2.45) is 0 Å². The number of amides is 2. The lowest BCUT2D eigenvalue weighted by Crippen LogP contribution is -2.47. The summed E-state index contributed by atoms with van der Waals surface area (Å²) in [6.07, 6.45) is 66.0. The zero-order chi connectivity index (χ0) is 68.1. The summed E-state index contributed by atoms with van der Waals surface area (Å²) in [4.78, 5) is 34.5. The molecule has 12 nitrogen and oxygen atoms in total. The number of aliphatic hydroxyl groups is 4. The molecule has 0 saturated carbocycles. The number of nitrogens with one attached hydrogen (secondary N) is 2. The van der Waals surface area contributed by atoms with Crippen LogP contribution < -0.4 is 10.6 Å². The Hall–Kier alpha value is -1.20. The van der Waals surface area contributed by atoms with Gasteiger partial charge in [-0.15, -0.1) is 0 Å². The van der Waals surface area contributed by atoms with E-state index in [4.69, 9.17) is 4.74 Å². The molecular formula is C80H157N5O7S2. The highest BCUT2D eigenvalue weighted by molar-refractivity contribution is 8.76. The molecule has 556 valence electrons. The number of nitrogens with zero attached hydrogens (tertiary/aromatic N) is 3. The predicted octanol–water partition coefficient (Wildman–Crippen LogP) is 19.4. The van der Waals surface area contributed by atoms with Crippen LogP contribution in [0.15, 0.2) is 24.3 Å². The lowest BCUT2D eigenvalue weighted by molar-refractivity contribution is -0.129. The molecule has 2 amide bonds. The van der Waals surface area contributed by atoms with Crippen LogP contribution in [0.2, 0.25) is 0 Å². The van der Waals surface area contributed by atoms with Crippen LogP contribution in [0.1, 0.15) is 355 Å². The normalized spacial score (nSPS) is 14.9. The van der Waals surface area contributed by atoms with Gasteiger partial charge in [0.1, 0.15) is 6.04 Å². The first-order chi connectivity index (χ1) is 46.1. The van der Waals surface area contributed by atoms with Gasteiger partial charge in [0.05, 0.1) is 37.6 Å². The molecule has 1 heterocycles. The average Bonchev–Trinajstić information content (AvgIpc) is 2.54. The van der Waals surface area contributed by atoms with Gasteiger partial charge in [-0.25, -0.2) is 0 Å². The first-order valence-corrected chi connectivity index (χ1v) is 43.2. The van der Waals surface area contributed by atoms with E-state index >= 15 is 0 Å². The van der Waals surface area contributed by atoms with Crippen molar-refractivity contribution < 1.29 is 34.8 Å². The summed E-state index contributed by atoms with van der Waals surface area (Å²) < 4.78 is 5.53. The van der Waals surface area contributed by atoms with Crippen LogP contribution in [0, 0.1) is 0 Å². The largest absolute Gasteiger partial charge is 0.392 e. The summed E-state index contributed by atoms with van der Waals surface area (Å²) >= 11 is 0. The highest BCUT2D eigenvalue weighted by atomic mass is 33.1. The summed E-state index contributed by atoms with van der Waals surface area (Å²) in [5.41, 5.74) is 0. The van der Waals surface area contributed by atoms with Crippen LogP contribution in [0.3, 0.4) is 0 Å². The van der Waals surface area contributed by atoms with Crippen LogP contribution in [0.5, 0.6) is 0 Å². The molecule has 94 heavy (non-hydrogen) atoms. The third kappa shape index (κ3) is 63.0. The molecule has 0 aromatic heterocycles. The van der Waals surface area contributed by atoms with E-state index in [-0.39, 0.29) is 30.4 Å². The summed E-state index contributed by atoms with van der Waals surface area (Å²) in [6.45, 7) is 17.8. The number of unbranched alkanes of at least 4 members (excludes halogenated alkanes) is 36. The van der Waals surface area contributed by atoms with Crippen LogP contribution in [0.25, 0.3) is 0 Å². The molecule has 6 N–H and O–H groups in total. The predicted molar refractivity (Wildman–Crippen MR) is 410 cm³/mol. The number of carbonyl (C=O) groups excluding carboxylic acids is 2. The number of allylic oxidation sites excluding steroid dienone is 4. The van der Waals surface area contributed by atoms with Crippen LogP contribution in [-0.4, -0.2) is 168 Å². The van der Waals surface area contributed by atoms with E-state index in [2.05, 4.69) is 77.3 Å². The molecule has 0 spiro atoms. The van der Waals surface area contributed by atoms with E-state index in [1.165, 1.54) is 193 Å². The van der Waals surface area contributed by atoms with E-state index in [1.54, 1.807) is 10.8 Å². The number of rotatable bonds is 74. The lowest BCUT2D eigenvalue weighted by atomic mass is 10.0. The van der Waals surface area contributed by atoms with Crippen LogP contribution >= 0.6 is 21.6 Å². The molecular weight excluding hydrogens is 1210 g/mol. The fourth-order valence-corrected chi connectivity index (χ4v) is 15.3. The molecule has 0 aromatic carbocycles. The SMILES string of the molecule is CCCCCCCC/C=C\CCCCCCC(O)CN(CCCCSSCCC(NC(=O)CCCN(CC(O)CCCCCCCCCC)CC(O)CCCCCCCCCC)C(=O)NCCCCN1CCOCC1)CC(O)CCCCCC/C=C\CCCCCCCC. The minimum atomic E-state index is -0.618. The standard InChI is InChI=1S/C80H157N5O7S2/c1-5-9-13-17-21-25-27-29-31-33-35-39-43-47-54-74(86)70-84(71-75(87)55-48-44-40-36-34-32-30-28-26-22-18-14-10-6-2)62-51-52-68-93-94-69-59-78(80(91)81-60-49-50-61-83-64-66-92-67-65-83)82-79(90)58-53-63-85(72-76(88)56-45-41-37-23-19-15-11-7-3)73-77(89)57-46-42-38-24-20-16-12-8-4/h29-32,74-78,86-89H,5-28,33-73H2,1-4H3,(H,81,91)(H,82,90)/b31-29-,32-30-. The fraction of sp³-hybridized carbons (Fsp3) is 0.925. The number of ether oxygens (including phenoxy) is 1. The fourth-order valence-electron chi connectivity index (χ4n) is 13.0. The van der Waals surface area contributed by atoms with E-state index in [0.29, 0.717) is 52.1 Å². The quantitative estimate of drug-likeness (QED) is 0.0195. The molecule has 1 rings (SSSR count). The molecule has 14 heteroatoms. The number of aliphatic hydroxyl groups excluding tert-OH is 4. The highest BCUT2D eigenvalue weighted by Crippen LogP contribution is 2.25. The molecule has 1 fully saturated rings. The Morgan fingerprint density at radius 1 is 0.415 bits per heavy atom. The van der Waals surface area contributed by atoms with Gasteiger partial charge < -0.3 is 35.8 Å². The van der Waals surface area contributed by atoms with Crippen molar-refractivity contribution in [3.05, 3.63) is 24.3 Å². The van der Waals surface area contributed by atoms with E-state index in [9.17, 15) is 30.0 Å². The van der Waals surface area contributed by atoms with Gasteiger partial charge in [-0.2, -0.15) is 0 Å². The number of hydrogen-bond donors (Lipinski definition) is 6. The van der Waals surface area contributed by atoms with Gasteiger partial charge in [-0.1, -0.05) is 279 Å². The monoisotopic (exact) mass is 1360 g/mol. The molecule has 5 unspecified atom stereocenters. The topological polar surface area (TPSA) is 158 Å². The Balaban J connectivity index is 2.81. The molecule has 5 atom stereocenters. The van der Waals surface area contributed by atoms with Crippen molar-refractivity contribution in [1.29, 1.82) is 0 Å². The second kappa shape index (κ2) is 71.6. The van der Waals surface area contributed by atoms with Gasteiger partial charge in [-0.3, -0.25) is 24.3 Å². The molecule has 0 bridgehead atoms. The van der Waals surface area contributed by atoms with Gasteiger partial charge in [0, 0.05) is 63.7 Å². The first-order valence-electron chi connectivity index (χ1n) is 40.7. The molecule has 0 aliphatic carbocycles. The van der Waals surface area contributed by atoms with Crippen LogP contribution in [-0.2, 0) is 14.3 Å². The van der Waals surface area contributed by atoms with E-state index in [1.807, 2.05) is 10.8 Å². The smallest absolute Gasteiger partial charge is 0.242 e. The van der Waals surface area contributed by atoms with Crippen molar-refractivity contribution in [3.63, 3.8) is 0 Å². The van der Waals surface area contributed by atoms with Crippen molar-refractivity contribution in [3.8, 4) is 0 Å². The number of morpholine rings is 1. The van der Waals surface area contributed by atoms with E-state index < -0.39 is 18.2 Å². The Labute approximate surface area is 590 Å². The average molecular weight is 1370 g/mol.